The number of carbonyl (C=O) groups excluding carboxylic acids is 2. The molecule has 6 heteroatoms. The van der Waals surface area contributed by atoms with E-state index in [1.165, 1.54) is 13.3 Å². The van der Waals surface area contributed by atoms with Crippen LogP contribution in [-0.2, 0) is 14.3 Å². The van der Waals surface area contributed by atoms with Crippen molar-refractivity contribution in [1.82, 2.24) is 9.55 Å². The van der Waals surface area contributed by atoms with Crippen molar-refractivity contribution in [3.8, 4) is 0 Å². The molecule has 0 aliphatic heterocycles. The number of hydrogen-bond acceptors (Lipinski definition) is 5. The minimum absolute atomic E-state index is 0.0909. The Kier molecular flexibility index (Phi) is 5.73. The lowest BCUT2D eigenvalue weighted by Gasteiger charge is -2.20. The molecule has 128 valence electrons. The van der Waals surface area contributed by atoms with E-state index in [2.05, 4.69) is 4.98 Å². The van der Waals surface area contributed by atoms with Gasteiger partial charge in [-0.15, -0.1) is 0 Å². The lowest BCUT2D eigenvalue weighted by molar-refractivity contribution is -0.153. The molecule has 1 heterocycles. The average Bonchev–Trinajstić information content (AvgIpc) is 3.08. The molecule has 2 unspecified atom stereocenters. The van der Waals surface area contributed by atoms with Crippen molar-refractivity contribution in [3.05, 3.63) is 54.1 Å². The zero-order valence-corrected chi connectivity index (χ0v) is 14.3. The van der Waals surface area contributed by atoms with Gasteiger partial charge in [0.2, 0.25) is 6.10 Å². The second kappa shape index (κ2) is 7.77. The van der Waals surface area contributed by atoms with Gasteiger partial charge in [0.15, 0.2) is 0 Å². The van der Waals surface area contributed by atoms with Gasteiger partial charge in [-0.3, -0.25) is 0 Å². The van der Waals surface area contributed by atoms with Crippen molar-refractivity contribution >= 4 is 11.9 Å². The first-order valence-electron chi connectivity index (χ1n) is 7.81. The Balaban J connectivity index is 2.23. The van der Waals surface area contributed by atoms with Crippen LogP contribution in [0.25, 0.3) is 0 Å². The molecule has 0 saturated heterocycles. The molecule has 2 atom stereocenters. The van der Waals surface area contributed by atoms with E-state index in [-0.39, 0.29) is 12.0 Å². The summed E-state index contributed by atoms with van der Waals surface area (Å²) in [4.78, 5) is 28.3. The van der Waals surface area contributed by atoms with Crippen LogP contribution in [0.1, 0.15) is 42.9 Å². The van der Waals surface area contributed by atoms with Gasteiger partial charge in [0.25, 0.3) is 0 Å². The van der Waals surface area contributed by atoms with Crippen LogP contribution >= 0.6 is 0 Å². The van der Waals surface area contributed by atoms with Crippen molar-refractivity contribution in [2.75, 3.05) is 7.11 Å². The Labute approximate surface area is 141 Å². The standard InChI is InChI=1S/C18H22N2O4/c1-12(2)16(18(22)23-4)24-17(21)15-10-19-11-20(15)13(3)14-8-6-5-7-9-14/h5-13,16H,1-4H3. The van der Waals surface area contributed by atoms with Crippen molar-refractivity contribution in [2.24, 2.45) is 5.92 Å². The summed E-state index contributed by atoms with van der Waals surface area (Å²) in [5.74, 6) is -1.36. The first kappa shape index (κ1) is 17.7. The zero-order valence-electron chi connectivity index (χ0n) is 14.3. The Morgan fingerprint density at radius 2 is 1.79 bits per heavy atom. The first-order valence-corrected chi connectivity index (χ1v) is 7.81. The Hall–Kier alpha value is -2.63. The van der Waals surface area contributed by atoms with Crippen LogP contribution in [0.4, 0.5) is 0 Å². The van der Waals surface area contributed by atoms with Gasteiger partial charge < -0.3 is 14.0 Å². The molecule has 24 heavy (non-hydrogen) atoms. The van der Waals surface area contributed by atoms with Crippen LogP contribution in [0.3, 0.4) is 0 Å². The van der Waals surface area contributed by atoms with Gasteiger partial charge in [0.1, 0.15) is 5.69 Å². The number of imidazole rings is 1. The smallest absolute Gasteiger partial charge is 0.357 e. The van der Waals surface area contributed by atoms with E-state index >= 15 is 0 Å². The van der Waals surface area contributed by atoms with Crippen LogP contribution in [0.5, 0.6) is 0 Å². The highest BCUT2D eigenvalue weighted by atomic mass is 16.6. The predicted molar refractivity (Wildman–Crippen MR) is 88.5 cm³/mol. The largest absolute Gasteiger partial charge is 0.466 e. The fourth-order valence-electron chi connectivity index (χ4n) is 2.41. The van der Waals surface area contributed by atoms with E-state index < -0.39 is 18.0 Å². The summed E-state index contributed by atoms with van der Waals surface area (Å²) in [7, 11) is 1.27. The van der Waals surface area contributed by atoms with E-state index in [9.17, 15) is 9.59 Å². The molecule has 0 bridgehead atoms. The zero-order chi connectivity index (χ0) is 17.7. The van der Waals surface area contributed by atoms with E-state index in [4.69, 9.17) is 9.47 Å². The molecule has 0 amide bonds. The van der Waals surface area contributed by atoms with Crippen LogP contribution in [0.2, 0.25) is 0 Å². The van der Waals surface area contributed by atoms with Gasteiger partial charge in [-0.2, -0.15) is 0 Å². The molecule has 0 saturated carbocycles. The topological polar surface area (TPSA) is 70.4 Å². The first-order chi connectivity index (χ1) is 11.5. The lowest BCUT2D eigenvalue weighted by Crippen LogP contribution is -2.33. The third-order valence-electron chi connectivity index (χ3n) is 3.85. The van der Waals surface area contributed by atoms with E-state index in [0.29, 0.717) is 5.69 Å². The van der Waals surface area contributed by atoms with Crippen LogP contribution < -0.4 is 0 Å². The fraction of sp³-hybridized carbons (Fsp3) is 0.389. The third kappa shape index (κ3) is 3.82. The number of ether oxygens (including phenoxy) is 2. The van der Waals surface area contributed by atoms with E-state index in [0.717, 1.165) is 5.56 Å². The SMILES string of the molecule is COC(=O)C(OC(=O)c1cncn1C(C)c1ccccc1)C(C)C. The molecule has 0 spiro atoms. The third-order valence-corrected chi connectivity index (χ3v) is 3.85. The second-order valence-corrected chi connectivity index (χ2v) is 5.87. The monoisotopic (exact) mass is 330 g/mol. The second-order valence-electron chi connectivity index (χ2n) is 5.87. The minimum Gasteiger partial charge on any atom is -0.466 e. The van der Waals surface area contributed by atoms with Gasteiger partial charge in [0, 0.05) is 5.92 Å². The molecular formula is C18H22N2O4. The van der Waals surface area contributed by atoms with Crippen molar-refractivity contribution < 1.29 is 19.1 Å². The fourth-order valence-corrected chi connectivity index (χ4v) is 2.41. The molecule has 2 rings (SSSR count). The van der Waals surface area contributed by atoms with E-state index in [1.54, 1.807) is 24.7 Å². The summed E-state index contributed by atoms with van der Waals surface area (Å²) in [5, 5.41) is 0. The molecular weight excluding hydrogens is 308 g/mol. The number of methoxy groups -OCH3 is 1. The van der Waals surface area contributed by atoms with Gasteiger partial charge in [-0.25, -0.2) is 14.6 Å². The number of rotatable bonds is 6. The number of benzene rings is 1. The molecule has 1 aromatic carbocycles. The lowest BCUT2D eigenvalue weighted by atomic mass is 10.1. The molecule has 0 radical (unpaired) electrons. The molecule has 0 aliphatic carbocycles. The number of carbonyl (C=O) groups is 2. The van der Waals surface area contributed by atoms with Crippen LogP contribution in [0, 0.1) is 5.92 Å². The Morgan fingerprint density at radius 1 is 1.12 bits per heavy atom. The average molecular weight is 330 g/mol. The summed E-state index contributed by atoms with van der Waals surface area (Å²) in [6.07, 6.45) is 2.07. The highest BCUT2D eigenvalue weighted by Gasteiger charge is 2.29. The number of hydrogen-bond donors (Lipinski definition) is 0. The molecule has 1 aromatic heterocycles. The minimum atomic E-state index is -0.946. The molecule has 0 fully saturated rings. The molecule has 6 nitrogen and oxygen atoms in total. The summed E-state index contributed by atoms with van der Waals surface area (Å²) >= 11 is 0. The summed E-state index contributed by atoms with van der Waals surface area (Å²) < 4.78 is 11.8. The maximum atomic E-state index is 12.5. The molecule has 2 aromatic rings. The van der Waals surface area contributed by atoms with Gasteiger partial charge in [0.05, 0.1) is 25.7 Å². The van der Waals surface area contributed by atoms with Crippen molar-refractivity contribution in [3.63, 3.8) is 0 Å². The molecule has 0 aliphatic rings. The maximum Gasteiger partial charge on any atom is 0.357 e. The van der Waals surface area contributed by atoms with Gasteiger partial charge in [-0.05, 0) is 12.5 Å². The maximum absolute atomic E-state index is 12.5. The van der Waals surface area contributed by atoms with Crippen molar-refractivity contribution in [2.45, 2.75) is 32.9 Å². The quantitative estimate of drug-likeness (QED) is 0.762. The van der Waals surface area contributed by atoms with Gasteiger partial charge in [-0.1, -0.05) is 44.2 Å². The number of esters is 2. The van der Waals surface area contributed by atoms with Crippen LogP contribution in [-0.4, -0.2) is 34.7 Å². The summed E-state index contributed by atoms with van der Waals surface area (Å²) in [5.41, 5.74) is 1.33. The highest BCUT2D eigenvalue weighted by molar-refractivity contribution is 5.90. The van der Waals surface area contributed by atoms with Crippen molar-refractivity contribution in [1.29, 1.82) is 0 Å². The normalized spacial score (nSPS) is 13.4. The van der Waals surface area contributed by atoms with E-state index in [1.807, 2.05) is 37.3 Å². The predicted octanol–water partition coefficient (Wildman–Crippen LogP) is 2.85. The summed E-state index contributed by atoms with van der Waals surface area (Å²) in [6, 6.07) is 9.67. The van der Waals surface area contributed by atoms with Gasteiger partial charge >= 0.3 is 11.9 Å². The number of aromatic nitrogens is 2. The Bertz CT molecular complexity index is 694. The Morgan fingerprint density at radius 3 is 2.38 bits per heavy atom. The molecule has 0 N–H and O–H groups in total. The number of nitrogens with zero attached hydrogens (tertiary/aromatic N) is 2. The van der Waals surface area contributed by atoms with Crippen LogP contribution in [0.15, 0.2) is 42.9 Å². The summed E-state index contributed by atoms with van der Waals surface area (Å²) in [6.45, 7) is 5.55. The highest BCUT2D eigenvalue weighted by Crippen LogP contribution is 2.21.